The summed E-state index contributed by atoms with van der Waals surface area (Å²) < 4.78 is 16.4. The van der Waals surface area contributed by atoms with E-state index in [9.17, 15) is 9.59 Å². The van der Waals surface area contributed by atoms with Crippen LogP contribution in [0.2, 0.25) is 0 Å². The molecule has 1 aromatic carbocycles. The SMILES string of the molecule is COC(=O)c1cc([C@H]2Nc3ccccc3C(=O)N2C[C@@H]2CCCO2)oc1C. The molecule has 0 radical (unpaired) electrons. The maximum Gasteiger partial charge on any atom is 0.341 e. The number of nitrogens with zero attached hydrogens (tertiary/aromatic N) is 1. The molecule has 3 heterocycles. The van der Waals surface area contributed by atoms with E-state index in [1.54, 1.807) is 24.0 Å². The van der Waals surface area contributed by atoms with Crippen molar-refractivity contribution in [1.82, 2.24) is 4.90 Å². The smallest absolute Gasteiger partial charge is 0.341 e. The number of hydrogen-bond acceptors (Lipinski definition) is 6. The molecule has 0 unspecified atom stereocenters. The maximum atomic E-state index is 13.2. The minimum atomic E-state index is -0.520. The summed E-state index contributed by atoms with van der Waals surface area (Å²) in [6.45, 7) is 2.88. The topological polar surface area (TPSA) is 81.0 Å². The van der Waals surface area contributed by atoms with Crippen molar-refractivity contribution in [3.63, 3.8) is 0 Å². The Morgan fingerprint density at radius 2 is 2.19 bits per heavy atom. The highest BCUT2D eigenvalue weighted by molar-refractivity contribution is 6.01. The molecule has 4 rings (SSSR count). The molecule has 27 heavy (non-hydrogen) atoms. The summed E-state index contributed by atoms with van der Waals surface area (Å²) in [5.41, 5.74) is 1.71. The number of anilines is 1. The van der Waals surface area contributed by atoms with E-state index >= 15 is 0 Å². The molecule has 2 atom stereocenters. The number of rotatable bonds is 4. The van der Waals surface area contributed by atoms with Crippen LogP contribution in [0.5, 0.6) is 0 Å². The van der Waals surface area contributed by atoms with Crippen molar-refractivity contribution in [3.05, 3.63) is 53.0 Å². The Kier molecular flexibility index (Phi) is 4.61. The van der Waals surface area contributed by atoms with Gasteiger partial charge in [0.25, 0.3) is 5.91 Å². The first-order valence-corrected chi connectivity index (χ1v) is 9.05. The number of carbonyl (C=O) groups excluding carboxylic acids is 2. The van der Waals surface area contributed by atoms with Crippen molar-refractivity contribution in [2.75, 3.05) is 25.6 Å². The number of ether oxygens (including phenoxy) is 2. The van der Waals surface area contributed by atoms with Gasteiger partial charge in [-0.05, 0) is 38.0 Å². The van der Waals surface area contributed by atoms with Crippen LogP contribution in [0.4, 0.5) is 5.69 Å². The van der Waals surface area contributed by atoms with Gasteiger partial charge in [-0.1, -0.05) is 12.1 Å². The van der Waals surface area contributed by atoms with E-state index in [1.165, 1.54) is 7.11 Å². The van der Waals surface area contributed by atoms with Crippen LogP contribution in [0.1, 0.15) is 51.2 Å². The molecule has 1 amide bonds. The molecule has 142 valence electrons. The molecule has 1 saturated heterocycles. The monoisotopic (exact) mass is 370 g/mol. The van der Waals surface area contributed by atoms with Crippen LogP contribution >= 0.6 is 0 Å². The molecule has 2 aliphatic rings. The molecular weight excluding hydrogens is 348 g/mol. The number of esters is 1. The summed E-state index contributed by atoms with van der Waals surface area (Å²) in [4.78, 5) is 26.8. The Hall–Kier alpha value is -2.80. The van der Waals surface area contributed by atoms with Gasteiger partial charge >= 0.3 is 5.97 Å². The van der Waals surface area contributed by atoms with E-state index in [2.05, 4.69) is 5.32 Å². The van der Waals surface area contributed by atoms with Crippen molar-refractivity contribution < 1.29 is 23.5 Å². The van der Waals surface area contributed by atoms with E-state index in [1.807, 2.05) is 18.2 Å². The van der Waals surface area contributed by atoms with Crippen LogP contribution in [0.15, 0.2) is 34.7 Å². The third-order valence-corrected chi connectivity index (χ3v) is 5.06. The van der Waals surface area contributed by atoms with Gasteiger partial charge in [-0.3, -0.25) is 4.79 Å². The Bertz CT molecular complexity index is 869. The van der Waals surface area contributed by atoms with Crippen molar-refractivity contribution in [2.45, 2.75) is 32.0 Å². The van der Waals surface area contributed by atoms with Crippen LogP contribution in [-0.2, 0) is 9.47 Å². The van der Waals surface area contributed by atoms with Gasteiger partial charge in [0, 0.05) is 18.8 Å². The molecule has 2 aliphatic heterocycles. The maximum absolute atomic E-state index is 13.2. The first kappa shape index (κ1) is 17.6. The molecular formula is C20H22N2O5. The molecule has 7 heteroatoms. The minimum absolute atomic E-state index is 0.000325. The number of para-hydroxylation sites is 1. The first-order valence-electron chi connectivity index (χ1n) is 9.05. The zero-order chi connectivity index (χ0) is 19.0. The Labute approximate surface area is 157 Å². The number of nitrogens with one attached hydrogen (secondary N) is 1. The molecule has 0 saturated carbocycles. The highest BCUT2D eigenvalue weighted by atomic mass is 16.5. The standard InChI is InChI=1S/C20H22N2O5/c1-12-15(20(24)25-2)10-17(27-12)18-21-16-8-4-3-7-14(16)19(23)22(18)11-13-6-5-9-26-13/h3-4,7-8,10,13,18,21H,5-6,9,11H2,1-2H3/t13-,18-/m0/s1. The van der Waals surface area contributed by atoms with Gasteiger partial charge < -0.3 is 24.1 Å². The van der Waals surface area contributed by atoms with Gasteiger partial charge in [-0.25, -0.2) is 4.79 Å². The quantitative estimate of drug-likeness (QED) is 0.833. The van der Waals surface area contributed by atoms with E-state index in [0.717, 1.165) is 18.5 Å². The minimum Gasteiger partial charge on any atom is -0.465 e. The number of furan rings is 1. The number of hydrogen-bond donors (Lipinski definition) is 1. The highest BCUT2D eigenvalue weighted by Gasteiger charge is 2.37. The van der Waals surface area contributed by atoms with Gasteiger partial charge in [0.1, 0.15) is 17.1 Å². The predicted octanol–water partition coefficient (Wildman–Crippen LogP) is 3.12. The van der Waals surface area contributed by atoms with E-state index in [-0.39, 0.29) is 12.0 Å². The van der Waals surface area contributed by atoms with Crippen LogP contribution < -0.4 is 5.32 Å². The molecule has 0 bridgehead atoms. The molecule has 1 N–H and O–H groups in total. The van der Waals surface area contributed by atoms with Crippen molar-refractivity contribution in [2.24, 2.45) is 0 Å². The van der Waals surface area contributed by atoms with Gasteiger partial charge in [-0.2, -0.15) is 0 Å². The lowest BCUT2D eigenvalue weighted by atomic mass is 10.1. The average molecular weight is 370 g/mol. The van der Waals surface area contributed by atoms with Crippen LogP contribution in [0.3, 0.4) is 0 Å². The van der Waals surface area contributed by atoms with Crippen LogP contribution in [-0.4, -0.2) is 43.1 Å². The van der Waals surface area contributed by atoms with Crippen molar-refractivity contribution >= 4 is 17.6 Å². The number of benzene rings is 1. The fraction of sp³-hybridized carbons (Fsp3) is 0.400. The summed E-state index contributed by atoms with van der Waals surface area (Å²) in [7, 11) is 1.33. The third-order valence-electron chi connectivity index (χ3n) is 5.06. The summed E-state index contributed by atoms with van der Waals surface area (Å²) in [5, 5.41) is 3.37. The second kappa shape index (κ2) is 7.08. The van der Waals surface area contributed by atoms with E-state index < -0.39 is 12.1 Å². The number of carbonyl (C=O) groups is 2. The largest absolute Gasteiger partial charge is 0.465 e. The number of aryl methyl sites for hydroxylation is 1. The van der Waals surface area contributed by atoms with Gasteiger partial charge in [-0.15, -0.1) is 0 Å². The third kappa shape index (κ3) is 3.19. The predicted molar refractivity (Wildman–Crippen MR) is 97.6 cm³/mol. The lowest BCUT2D eigenvalue weighted by Gasteiger charge is -2.37. The Morgan fingerprint density at radius 1 is 1.37 bits per heavy atom. The summed E-state index contributed by atoms with van der Waals surface area (Å²) in [6, 6.07) is 9.02. The van der Waals surface area contributed by atoms with E-state index in [4.69, 9.17) is 13.9 Å². The van der Waals surface area contributed by atoms with E-state index in [0.29, 0.717) is 35.8 Å². The Morgan fingerprint density at radius 3 is 2.93 bits per heavy atom. The van der Waals surface area contributed by atoms with Crippen LogP contribution in [0.25, 0.3) is 0 Å². The molecule has 7 nitrogen and oxygen atoms in total. The number of methoxy groups -OCH3 is 1. The average Bonchev–Trinajstić information content (AvgIpc) is 3.33. The zero-order valence-electron chi connectivity index (χ0n) is 15.4. The second-order valence-corrected chi connectivity index (χ2v) is 6.80. The number of fused-ring (bicyclic) bond motifs is 1. The normalized spacial score (nSPS) is 21.7. The molecule has 1 fully saturated rings. The summed E-state index contributed by atoms with van der Waals surface area (Å²) in [6.07, 6.45) is 1.39. The van der Waals surface area contributed by atoms with Crippen molar-refractivity contribution in [3.8, 4) is 0 Å². The summed E-state index contributed by atoms with van der Waals surface area (Å²) >= 11 is 0. The first-order chi connectivity index (χ1) is 13.1. The van der Waals surface area contributed by atoms with Gasteiger partial charge in [0.05, 0.1) is 18.8 Å². The van der Waals surface area contributed by atoms with Crippen molar-refractivity contribution in [1.29, 1.82) is 0 Å². The summed E-state index contributed by atoms with van der Waals surface area (Å²) in [5.74, 6) is 0.407. The van der Waals surface area contributed by atoms with Crippen LogP contribution in [0, 0.1) is 6.92 Å². The fourth-order valence-electron chi connectivity index (χ4n) is 3.67. The molecule has 1 aromatic heterocycles. The molecule has 0 spiro atoms. The second-order valence-electron chi connectivity index (χ2n) is 6.80. The zero-order valence-corrected chi connectivity index (χ0v) is 15.4. The molecule has 0 aliphatic carbocycles. The lowest BCUT2D eigenvalue weighted by molar-refractivity contribution is 0.0401. The highest BCUT2D eigenvalue weighted by Crippen LogP contribution is 2.35. The fourth-order valence-corrected chi connectivity index (χ4v) is 3.67. The molecule has 2 aromatic rings. The lowest BCUT2D eigenvalue weighted by Crippen LogP contribution is -2.46. The number of amides is 1. The van der Waals surface area contributed by atoms with Gasteiger partial charge in [0.2, 0.25) is 0 Å². The van der Waals surface area contributed by atoms with Gasteiger partial charge in [0.15, 0.2) is 6.17 Å². The Balaban J connectivity index is 1.71.